The summed E-state index contributed by atoms with van der Waals surface area (Å²) in [7, 11) is 0. The fourth-order valence-electron chi connectivity index (χ4n) is 17.7. The van der Waals surface area contributed by atoms with Crippen LogP contribution in [0.2, 0.25) is 0 Å². The maximum atomic E-state index is 12.1. The monoisotopic (exact) mass is 1740 g/mol. The van der Waals surface area contributed by atoms with E-state index in [0.717, 1.165) is 27.8 Å². The van der Waals surface area contributed by atoms with Gasteiger partial charge in [-0.15, -0.1) is 0 Å². The Hall–Kier alpha value is -10.7. The number of anilines is 6. The average Bonchev–Trinajstić information content (AvgIpc) is 0.818. The van der Waals surface area contributed by atoms with Crippen LogP contribution in [0.15, 0.2) is 242 Å². The lowest BCUT2D eigenvalue weighted by Gasteiger charge is -2.46. The van der Waals surface area contributed by atoms with Crippen LogP contribution < -0.4 is 26.2 Å². The molecule has 0 amide bonds. The van der Waals surface area contributed by atoms with Gasteiger partial charge in [0.15, 0.2) is 0 Å². The minimum atomic E-state index is -1.34. The van der Waals surface area contributed by atoms with Gasteiger partial charge in [0.1, 0.15) is 0 Å². The summed E-state index contributed by atoms with van der Waals surface area (Å²) in [5.41, 5.74) is -6.66. The summed E-state index contributed by atoms with van der Waals surface area (Å²) in [5, 5.41) is -0.528. The van der Waals surface area contributed by atoms with Gasteiger partial charge in [-0.05, 0) is 259 Å². The van der Waals surface area contributed by atoms with Gasteiger partial charge in [0, 0.05) is 61.5 Å². The third-order valence-corrected chi connectivity index (χ3v) is 25.6. The molecule has 0 radical (unpaired) electrons. The van der Waals surface area contributed by atoms with Crippen molar-refractivity contribution in [1.29, 1.82) is 0 Å². The molecule has 0 fully saturated rings. The van der Waals surface area contributed by atoms with Gasteiger partial charge in [-0.25, -0.2) is 0 Å². The zero-order chi connectivity index (χ0) is 117. The van der Waals surface area contributed by atoms with E-state index in [9.17, 15) is 35.6 Å². The molecule has 3 nitrogen and oxygen atoms in total. The molecule has 3 heterocycles. The molecule has 130 heavy (non-hydrogen) atoms. The van der Waals surface area contributed by atoms with Crippen LogP contribution >= 0.6 is 0 Å². The second kappa shape index (κ2) is 31.5. The lowest BCUT2D eigenvalue weighted by Crippen LogP contribution is -2.61. The van der Waals surface area contributed by atoms with Gasteiger partial charge < -0.3 is 14.4 Å². The largest absolute Gasteiger partial charge is 0.310 e. The quantitative estimate of drug-likeness (QED) is 0.133. The van der Waals surface area contributed by atoms with E-state index in [1.807, 2.05) is 160 Å². The van der Waals surface area contributed by atoms with Crippen LogP contribution in [0.25, 0.3) is 94.3 Å². The van der Waals surface area contributed by atoms with Gasteiger partial charge in [0.05, 0.1) is 58.0 Å². The number of nitrogens with zero attached hydrogens (tertiary/aromatic N) is 3. The van der Waals surface area contributed by atoms with E-state index < -0.39 is 210 Å². The lowest BCUT2D eigenvalue weighted by molar-refractivity contribution is 0.568. The van der Waals surface area contributed by atoms with Gasteiger partial charge in [0.2, 0.25) is 0 Å². The molecule has 0 saturated carbocycles. The summed E-state index contributed by atoms with van der Waals surface area (Å²) >= 11 is 0. The Morgan fingerprint density at radius 3 is 0.923 bits per heavy atom. The standard InChI is InChI=1S/C126H148BN3/c1-115(2,3)84-53-48-77(49-54-84)97-72-92(123(25,26)27)74-99(83-64-90(121(19,20)21)71-91(65-83)122(22,23)24)113(97)129-107-66-79(80-60-86(117(7,8)9)69-87(61-80)118(10,11)12)52-58-103(107)127-104-59-57-94(128-105-46-39-37-42-95(105)96-43-38-40-47-106(96)128)76-108(104)130(110-68-82(67-109(129)112(110)127)81-62-88(119(13,14)15)70-89(63-81)120(16,17)18)114-98(78-50-55-85(56-51-78)116(4,5)6)73-93(124(28,29)30)75-100(114)111-101(125(31,32)33)44-41-45-102(111)126(34,35)36/h37-76H,1-36H3/i37D,38D,39D,40D,41D,42D,43D,44D,45D,46D,47D,48D,49D,50D,51D,53D,54D,55D,56D,64D,65D,71D,72D,73D,74D,75D. The highest BCUT2D eigenvalue weighted by molar-refractivity contribution is 7.00. The van der Waals surface area contributed by atoms with Gasteiger partial charge in [-0.1, -0.05) is 425 Å². The molecule has 2 aliphatic heterocycles. The molecule has 0 spiro atoms. The first kappa shape index (κ1) is 65.0. The van der Waals surface area contributed by atoms with Crippen LogP contribution in [-0.2, 0) is 65.0 Å². The second-order valence-corrected chi connectivity index (χ2v) is 48.9. The highest BCUT2D eigenvalue weighted by atomic mass is 15.2. The molecule has 0 atom stereocenters. The van der Waals surface area contributed by atoms with E-state index in [2.05, 4.69) is 119 Å². The zero-order valence-corrected chi connectivity index (χ0v) is 84.0. The van der Waals surface area contributed by atoms with Gasteiger partial charge in [0.25, 0.3) is 6.71 Å². The highest BCUT2D eigenvalue weighted by Gasteiger charge is 2.48. The summed E-state index contributed by atoms with van der Waals surface area (Å²) in [6.45, 7) is 68.2. The number of aromatic nitrogens is 1. The van der Waals surface area contributed by atoms with E-state index >= 15 is 0 Å². The normalized spacial score (nSPS) is 16.8. The van der Waals surface area contributed by atoms with Crippen LogP contribution in [0.1, 0.15) is 352 Å². The van der Waals surface area contributed by atoms with E-state index in [0.29, 0.717) is 27.6 Å². The number of hydrogen-bond acceptors (Lipinski definition) is 2. The van der Waals surface area contributed by atoms with Crippen LogP contribution in [0.4, 0.5) is 34.1 Å². The van der Waals surface area contributed by atoms with Crippen LogP contribution in [0, 0.1) is 0 Å². The first-order valence-electron chi connectivity index (χ1n) is 59.2. The topological polar surface area (TPSA) is 11.4 Å². The first-order valence-corrected chi connectivity index (χ1v) is 46.2. The molecule has 670 valence electrons. The van der Waals surface area contributed by atoms with Crippen molar-refractivity contribution in [2.24, 2.45) is 0 Å². The number of fused-ring (bicyclic) bond motifs is 7. The van der Waals surface area contributed by atoms with Gasteiger partial charge >= 0.3 is 0 Å². The summed E-state index contributed by atoms with van der Waals surface area (Å²) in [4.78, 5) is 3.69. The Morgan fingerprint density at radius 2 is 0.546 bits per heavy atom. The fraction of sp³-hybridized carbons (Fsp3) is 0.381. The fourth-order valence-corrected chi connectivity index (χ4v) is 17.7. The van der Waals surface area contributed by atoms with Crippen molar-refractivity contribution < 1.29 is 35.6 Å². The predicted octanol–water partition coefficient (Wildman–Crippen LogP) is 34.4. The summed E-state index contributed by atoms with van der Waals surface area (Å²) in [6.07, 6.45) is 0. The van der Waals surface area contributed by atoms with Crippen molar-refractivity contribution in [3.05, 3.63) is 309 Å². The Balaban J connectivity index is 1.35. The summed E-state index contributed by atoms with van der Waals surface area (Å²) in [5.74, 6) is 0. The smallest absolute Gasteiger partial charge is 0.252 e. The number of hydrogen-bond donors (Lipinski definition) is 0. The van der Waals surface area contributed by atoms with E-state index in [-0.39, 0.29) is 175 Å². The summed E-state index contributed by atoms with van der Waals surface area (Å²) < 4.78 is 280. The molecule has 0 saturated heterocycles. The Labute approximate surface area is 820 Å². The first-order chi connectivity index (χ1) is 70.9. The molecule has 2 aliphatic rings. The number of para-hydroxylation sites is 2. The van der Waals surface area contributed by atoms with E-state index in [4.69, 9.17) is 0 Å². The molecule has 1 aromatic heterocycles. The molecule has 4 heteroatoms. The van der Waals surface area contributed by atoms with Crippen molar-refractivity contribution in [2.45, 2.75) is 314 Å². The molecule has 0 bridgehead atoms. The maximum absolute atomic E-state index is 12.1. The van der Waals surface area contributed by atoms with Crippen LogP contribution in [0.3, 0.4) is 0 Å². The average molecular weight is 1740 g/mol. The molecule has 0 N–H and O–H groups in total. The second-order valence-electron chi connectivity index (χ2n) is 48.9. The molecular formula is C126H148BN3. The van der Waals surface area contributed by atoms with Crippen LogP contribution in [-0.4, -0.2) is 11.3 Å². The minimum absolute atomic E-state index is 0.00713. The molecule has 13 aromatic carbocycles. The molecular weight excluding hydrogens is 1570 g/mol. The predicted molar refractivity (Wildman–Crippen MR) is 572 cm³/mol. The SMILES string of the molecule is [2H]c1c([2H])c(C(C)(C)C)c(-c2c([2H])c(C(C)(C)C)c([2H])c(-c3c([2H])c([2H])c(C(C)(C)C)c([2H])c3[2H])c2N2c3cc(-n4c5c([2H])c([2H])c([2H])c([2H])c5c5c([2H])c([2H])c([2H])c([2H])c54)ccc3B3c4ccc(-c5cc(C(C)(C)C)cc(C(C)(C)C)c5)cc4N(c4c(-c5c([2H])c([2H])c(C(C)(C)C)c([2H])c5[2H])c([2H])c(C(C)(C)C)c([2H])c4-c4c([2H])c(C(C)(C)C)c([2H])c(C(C)(C)C)c4[2H])c4cc(-c5cc(C(C)(C)C)cc(C(C)(C)C)c5)cc2c43)c(C(C)(C)C)c1[2H]. The lowest BCUT2D eigenvalue weighted by atomic mass is 9.33. The Morgan fingerprint density at radius 1 is 0.231 bits per heavy atom. The third kappa shape index (κ3) is 17.3. The number of rotatable bonds is 9. The van der Waals surface area contributed by atoms with Gasteiger partial charge in [-0.3, -0.25) is 0 Å². The third-order valence-electron chi connectivity index (χ3n) is 25.6. The van der Waals surface area contributed by atoms with Gasteiger partial charge in [-0.2, -0.15) is 0 Å². The maximum Gasteiger partial charge on any atom is 0.252 e. The molecule has 14 aromatic rings. The summed E-state index contributed by atoms with van der Waals surface area (Å²) in [6, 6.07) is 14.5. The van der Waals surface area contributed by atoms with Crippen molar-refractivity contribution >= 4 is 79.0 Å². The highest BCUT2D eigenvalue weighted by Crippen LogP contribution is 2.59. The van der Waals surface area contributed by atoms with Crippen LogP contribution in [0.5, 0.6) is 0 Å². The zero-order valence-electron chi connectivity index (χ0n) is 110. The van der Waals surface area contributed by atoms with E-state index in [1.165, 1.54) is 4.57 Å². The Bertz CT molecular complexity index is 8200. The molecule has 0 unspecified atom stereocenters. The van der Waals surface area contributed by atoms with Crippen molar-refractivity contribution in [3.63, 3.8) is 0 Å². The van der Waals surface area contributed by atoms with Crippen molar-refractivity contribution in [3.8, 4) is 72.4 Å². The molecule has 0 aliphatic carbocycles. The van der Waals surface area contributed by atoms with Crippen molar-refractivity contribution in [2.75, 3.05) is 9.80 Å². The minimum Gasteiger partial charge on any atom is -0.310 e. The Kier molecular flexibility index (Phi) is 15.8. The van der Waals surface area contributed by atoms with E-state index in [1.54, 1.807) is 64.6 Å². The number of benzene rings is 13. The molecule has 16 rings (SSSR count). The van der Waals surface area contributed by atoms with Crippen molar-refractivity contribution in [1.82, 2.24) is 4.57 Å².